The molecule has 0 heterocycles. The molecule has 0 aromatic rings. The van der Waals surface area contributed by atoms with E-state index in [1.165, 1.54) is 64.2 Å². The first-order chi connectivity index (χ1) is 10.4. The second-order valence-electron chi connectivity index (χ2n) is 6.64. The second kappa shape index (κ2) is 13.3. The Kier molecular flexibility index (Phi) is 13.2. The SMILES string of the molecule is CCCCCCCCCCCCC(C)C(C)COS(=O)(=O)O. The molecule has 0 amide bonds. The van der Waals surface area contributed by atoms with Gasteiger partial charge in [-0.05, 0) is 11.8 Å². The molecule has 0 saturated carbocycles. The molecular weight excluding hydrogens is 300 g/mol. The van der Waals surface area contributed by atoms with Gasteiger partial charge in [0.15, 0.2) is 0 Å². The molecular formula is C17H36O4S. The molecule has 0 aliphatic carbocycles. The van der Waals surface area contributed by atoms with Crippen LogP contribution in [-0.4, -0.2) is 19.6 Å². The summed E-state index contributed by atoms with van der Waals surface area (Å²) in [5, 5.41) is 0. The molecule has 22 heavy (non-hydrogen) atoms. The average molecular weight is 337 g/mol. The molecule has 0 radical (unpaired) electrons. The van der Waals surface area contributed by atoms with Crippen LogP contribution in [0.4, 0.5) is 0 Å². The molecule has 134 valence electrons. The van der Waals surface area contributed by atoms with E-state index in [9.17, 15) is 8.42 Å². The van der Waals surface area contributed by atoms with Crippen LogP contribution in [0.1, 0.15) is 91.4 Å². The number of unbranched alkanes of at least 4 members (excludes halogenated alkanes) is 9. The van der Waals surface area contributed by atoms with Gasteiger partial charge in [-0.1, -0.05) is 91.4 Å². The van der Waals surface area contributed by atoms with Crippen molar-refractivity contribution in [3.63, 3.8) is 0 Å². The normalized spacial score (nSPS) is 14.9. The van der Waals surface area contributed by atoms with Crippen molar-refractivity contribution < 1.29 is 17.2 Å². The molecule has 2 unspecified atom stereocenters. The first kappa shape index (κ1) is 21.9. The Bertz CT molecular complexity index is 341. The Balaban J connectivity index is 3.43. The van der Waals surface area contributed by atoms with Crippen molar-refractivity contribution in [2.75, 3.05) is 6.61 Å². The van der Waals surface area contributed by atoms with Gasteiger partial charge in [-0.15, -0.1) is 0 Å². The molecule has 0 aromatic carbocycles. The molecule has 0 spiro atoms. The van der Waals surface area contributed by atoms with Gasteiger partial charge in [0.1, 0.15) is 0 Å². The van der Waals surface area contributed by atoms with Gasteiger partial charge in [-0.2, -0.15) is 8.42 Å². The lowest BCUT2D eigenvalue weighted by Crippen LogP contribution is -2.17. The van der Waals surface area contributed by atoms with Crippen LogP contribution < -0.4 is 0 Å². The zero-order valence-corrected chi connectivity index (χ0v) is 15.5. The van der Waals surface area contributed by atoms with E-state index in [0.717, 1.165) is 6.42 Å². The van der Waals surface area contributed by atoms with Crippen LogP contribution in [0.15, 0.2) is 0 Å². The maximum Gasteiger partial charge on any atom is 0.397 e. The molecule has 0 aromatic heterocycles. The van der Waals surface area contributed by atoms with Crippen molar-refractivity contribution in [1.82, 2.24) is 0 Å². The molecule has 5 heteroatoms. The highest BCUT2D eigenvalue weighted by molar-refractivity contribution is 7.80. The van der Waals surface area contributed by atoms with Crippen LogP contribution in [-0.2, 0) is 14.6 Å². The summed E-state index contributed by atoms with van der Waals surface area (Å²) in [5.41, 5.74) is 0. The fraction of sp³-hybridized carbons (Fsp3) is 1.00. The Morgan fingerprint density at radius 3 is 1.73 bits per heavy atom. The van der Waals surface area contributed by atoms with Crippen molar-refractivity contribution in [1.29, 1.82) is 0 Å². The van der Waals surface area contributed by atoms with Crippen molar-refractivity contribution in [2.45, 2.75) is 91.4 Å². The molecule has 0 aliphatic rings. The highest BCUT2D eigenvalue weighted by Crippen LogP contribution is 2.20. The Morgan fingerprint density at radius 1 is 0.818 bits per heavy atom. The van der Waals surface area contributed by atoms with E-state index < -0.39 is 10.4 Å². The summed E-state index contributed by atoms with van der Waals surface area (Å²) >= 11 is 0. The van der Waals surface area contributed by atoms with E-state index in [2.05, 4.69) is 18.0 Å². The van der Waals surface area contributed by atoms with E-state index in [-0.39, 0.29) is 12.5 Å². The molecule has 2 atom stereocenters. The maximum atomic E-state index is 10.5. The predicted octanol–water partition coefficient (Wildman–Crippen LogP) is 5.39. The lowest BCUT2D eigenvalue weighted by Gasteiger charge is -2.18. The topological polar surface area (TPSA) is 63.6 Å². The van der Waals surface area contributed by atoms with Crippen molar-refractivity contribution in [3.05, 3.63) is 0 Å². The second-order valence-corrected chi connectivity index (χ2v) is 7.73. The van der Waals surface area contributed by atoms with Crippen molar-refractivity contribution >= 4 is 10.4 Å². The first-order valence-corrected chi connectivity index (χ1v) is 10.3. The monoisotopic (exact) mass is 336 g/mol. The van der Waals surface area contributed by atoms with E-state index in [4.69, 9.17) is 4.55 Å². The van der Waals surface area contributed by atoms with Gasteiger partial charge in [0.05, 0.1) is 6.61 Å². The minimum Gasteiger partial charge on any atom is -0.264 e. The quantitative estimate of drug-likeness (QED) is 0.322. The van der Waals surface area contributed by atoms with E-state index in [0.29, 0.717) is 5.92 Å². The number of hydrogen-bond acceptors (Lipinski definition) is 3. The van der Waals surface area contributed by atoms with E-state index >= 15 is 0 Å². The molecule has 0 bridgehead atoms. The van der Waals surface area contributed by atoms with Gasteiger partial charge >= 0.3 is 10.4 Å². The Hall–Kier alpha value is -0.130. The zero-order valence-electron chi connectivity index (χ0n) is 14.7. The molecule has 0 aliphatic heterocycles. The lowest BCUT2D eigenvalue weighted by atomic mass is 9.91. The molecule has 4 nitrogen and oxygen atoms in total. The van der Waals surface area contributed by atoms with Crippen molar-refractivity contribution in [3.8, 4) is 0 Å². The lowest BCUT2D eigenvalue weighted by molar-refractivity contribution is 0.191. The third-order valence-electron chi connectivity index (χ3n) is 4.46. The van der Waals surface area contributed by atoms with E-state index in [1.54, 1.807) is 0 Å². The van der Waals surface area contributed by atoms with Crippen molar-refractivity contribution in [2.24, 2.45) is 11.8 Å². The van der Waals surface area contributed by atoms with Crippen LogP contribution >= 0.6 is 0 Å². The number of hydrogen-bond donors (Lipinski definition) is 1. The summed E-state index contributed by atoms with van der Waals surface area (Å²) in [4.78, 5) is 0. The molecule has 1 N–H and O–H groups in total. The van der Waals surface area contributed by atoms with Gasteiger partial charge in [-0.25, -0.2) is 4.18 Å². The molecule has 0 rings (SSSR count). The Morgan fingerprint density at radius 2 is 1.27 bits per heavy atom. The highest BCUT2D eigenvalue weighted by atomic mass is 32.3. The largest absolute Gasteiger partial charge is 0.397 e. The smallest absolute Gasteiger partial charge is 0.264 e. The summed E-state index contributed by atoms with van der Waals surface area (Å²) in [6, 6.07) is 0. The third kappa shape index (κ3) is 14.8. The van der Waals surface area contributed by atoms with Crippen LogP contribution in [0.3, 0.4) is 0 Å². The highest BCUT2D eigenvalue weighted by Gasteiger charge is 2.15. The van der Waals surface area contributed by atoms with Crippen LogP contribution in [0.5, 0.6) is 0 Å². The summed E-state index contributed by atoms with van der Waals surface area (Å²) in [5.74, 6) is 0.552. The van der Waals surface area contributed by atoms with Gasteiger partial charge in [-0.3, -0.25) is 4.55 Å². The van der Waals surface area contributed by atoms with Gasteiger partial charge in [0.25, 0.3) is 0 Å². The molecule has 0 saturated heterocycles. The minimum atomic E-state index is -4.30. The number of rotatable bonds is 15. The summed E-state index contributed by atoms with van der Waals surface area (Å²) in [6.07, 6.45) is 14.4. The fourth-order valence-electron chi connectivity index (χ4n) is 2.60. The first-order valence-electron chi connectivity index (χ1n) is 8.98. The van der Waals surface area contributed by atoms with E-state index in [1.807, 2.05) is 6.92 Å². The van der Waals surface area contributed by atoms with Crippen LogP contribution in [0.2, 0.25) is 0 Å². The summed E-state index contributed by atoms with van der Waals surface area (Å²) in [6.45, 7) is 6.40. The predicted molar refractivity (Wildman–Crippen MR) is 92.3 cm³/mol. The summed E-state index contributed by atoms with van der Waals surface area (Å²) < 4.78 is 34.1. The van der Waals surface area contributed by atoms with Gasteiger partial charge < -0.3 is 0 Å². The third-order valence-corrected chi connectivity index (χ3v) is 4.90. The van der Waals surface area contributed by atoms with Gasteiger partial charge in [0, 0.05) is 0 Å². The fourth-order valence-corrected chi connectivity index (χ4v) is 2.98. The van der Waals surface area contributed by atoms with Gasteiger partial charge in [0.2, 0.25) is 0 Å². The Labute approximate surface area is 138 Å². The van der Waals surface area contributed by atoms with Crippen LogP contribution in [0.25, 0.3) is 0 Å². The minimum absolute atomic E-state index is 0.0672. The zero-order chi connectivity index (χ0) is 16.8. The van der Waals surface area contributed by atoms with Crippen LogP contribution in [0, 0.1) is 11.8 Å². The summed E-state index contributed by atoms with van der Waals surface area (Å²) in [7, 11) is -4.30. The average Bonchev–Trinajstić information content (AvgIpc) is 2.45. The molecule has 0 fully saturated rings. The standard InChI is InChI=1S/C17H36O4S/c1-4-5-6-7-8-9-10-11-12-13-14-16(2)17(3)15-21-22(18,19)20/h16-17H,4-15H2,1-3H3,(H,18,19,20). The maximum absolute atomic E-state index is 10.5.